The van der Waals surface area contributed by atoms with Crippen molar-refractivity contribution >= 4 is 56.1 Å². The van der Waals surface area contributed by atoms with Crippen molar-refractivity contribution in [3.05, 3.63) is 0 Å². The Hall–Kier alpha value is 0.531. The fourth-order valence-corrected chi connectivity index (χ4v) is 9.97. The number of hydrogen-bond acceptors (Lipinski definition) is 8. The zero-order valence-electron chi connectivity index (χ0n) is 29.5. The molecule has 0 aromatic heterocycles. The molecule has 0 fully saturated rings. The highest BCUT2D eigenvalue weighted by Gasteiger charge is 2.48. The van der Waals surface area contributed by atoms with E-state index in [1.54, 1.807) is 13.3 Å². The average molecular weight is 672 g/mol. The van der Waals surface area contributed by atoms with Gasteiger partial charge >= 0.3 is 0 Å². The summed E-state index contributed by atoms with van der Waals surface area (Å²) in [6.07, 6.45) is -0.385. The van der Waals surface area contributed by atoms with Crippen molar-refractivity contribution in [2.45, 2.75) is 148 Å². The summed E-state index contributed by atoms with van der Waals surface area (Å²) < 4.78 is 41.4. The van der Waals surface area contributed by atoms with E-state index in [1.165, 1.54) is 0 Å². The molecule has 0 aliphatic carbocycles. The molecule has 5 atom stereocenters. The Morgan fingerprint density at radius 3 is 1.20 bits per heavy atom. The maximum Gasteiger partial charge on any atom is 0.184 e. The maximum absolute atomic E-state index is 7.11. The van der Waals surface area contributed by atoms with Crippen molar-refractivity contribution in [3.8, 4) is 0 Å². The minimum absolute atomic E-state index is 0.314. The lowest BCUT2D eigenvalue weighted by molar-refractivity contribution is -0.103. The first-order valence-electron chi connectivity index (χ1n) is 14.6. The van der Waals surface area contributed by atoms with Crippen LogP contribution in [0.4, 0.5) is 0 Å². The maximum atomic E-state index is 7.11. The molecule has 0 N–H and O–H groups in total. The van der Waals surface area contributed by atoms with Crippen molar-refractivity contribution in [3.63, 3.8) is 0 Å². The first-order valence-corrected chi connectivity index (χ1v) is 35.1. The molecular formula is C26H65NO7Si6. The van der Waals surface area contributed by atoms with Crippen LogP contribution in [0, 0.1) is 0 Å². The highest BCUT2D eigenvalue weighted by atomic mass is 28.4. The number of oxime groups is 1. The van der Waals surface area contributed by atoms with Gasteiger partial charge in [-0.2, -0.15) is 0 Å². The van der Waals surface area contributed by atoms with Crippen LogP contribution in [0.1, 0.15) is 0 Å². The van der Waals surface area contributed by atoms with Gasteiger partial charge in [0.25, 0.3) is 0 Å². The molecule has 0 amide bonds. The van der Waals surface area contributed by atoms with E-state index in [4.69, 9.17) is 31.4 Å². The second-order valence-corrected chi connectivity index (χ2v) is 43.2. The van der Waals surface area contributed by atoms with E-state index in [2.05, 4.69) is 123 Å². The zero-order valence-corrected chi connectivity index (χ0v) is 35.5. The van der Waals surface area contributed by atoms with Gasteiger partial charge in [0.15, 0.2) is 49.9 Å². The molecule has 0 saturated carbocycles. The summed E-state index contributed by atoms with van der Waals surface area (Å²) in [6, 6.07) is 0. The lowest BCUT2D eigenvalue weighted by Gasteiger charge is -2.47. The van der Waals surface area contributed by atoms with E-state index >= 15 is 0 Å². The summed E-state index contributed by atoms with van der Waals surface area (Å²) in [7, 11) is -10.6. The van der Waals surface area contributed by atoms with Gasteiger partial charge in [0, 0.05) is 0 Å². The minimum Gasteiger partial charge on any atom is -0.415 e. The molecule has 0 aromatic rings. The summed E-state index contributed by atoms with van der Waals surface area (Å²) in [5, 5.41) is 4.18. The zero-order chi connectivity index (χ0) is 32.0. The number of hydrogen-bond donors (Lipinski definition) is 0. The number of rotatable bonds is 19. The van der Waals surface area contributed by atoms with E-state index in [-0.39, 0.29) is 6.10 Å². The van der Waals surface area contributed by atoms with Gasteiger partial charge in [0.2, 0.25) is 0 Å². The van der Waals surface area contributed by atoms with E-state index in [1.807, 2.05) is 0 Å². The SMILES string of the molecule is CO/N=C/[C@@H](O[Si](C)(C)C)[C@@H](O[Si](C)(C)C)[C@H](O[Si](C)(C)C)[C@@H](O[Si](C)(C)C)[C@H](CO[Si](C)(C)C)O[Si](C)(C)C. The predicted octanol–water partition coefficient (Wildman–Crippen LogP) is 7.57. The minimum atomic E-state index is -2.12. The third kappa shape index (κ3) is 20.4. The lowest BCUT2D eigenvalue weighted by Crippen LogP contribution is -2.62. The highest BCUT2D eigenvalue weighted by Crippen LogP contribution is 2.31. The van der Waals surface area contributed by atoms with Crippen LogP contribution in [0.3, 0.4) is 0 Å². The molecule has 0 aromatic carbocycles. The smallest absolute Gasteiger partial charge is 0.184 e. The fraction of sp³-hybridized carbons (Fsp3) is 0.962. The number of nitrogens with zero attached hydrogens (tertiary/aromatic N) is 1. The lowest BCUT2D eigenvalue weighted by atomic mass is 10.00. The molecule has 240 valence electrons. The summed E-state index contributed by atoms with van der Waals surface area (Å²) in [6.45, 7) is 40.1. The van der Waals surface area contributed by atoms with Gasteiger partial charge in [0.05, 0.1) is 25.0 Å². The molecule has 0 aliphatic rings. The van der Waals surface area contributed by atoms with Crippen LogP contribution in [0.2, 0.25) is 118 Å². The molecule has 0 bridgehead atoms. The van der Waals surface area contributed by atoms with E-state index < -0.39 is 74.3 Å². The fourth-order valence-electron chi connectivity index (χ4n) is 3.91. The summed E-state index contributed by atoms with van der Waals surface area (Å²) in [4.78, 5) is 5.15. The van der Waals surface area contributed by atoms with Crippen LogP contribution in [0.25, 0.3) is 0 Å². The third-order valence-corrected chi connectivity index (χ3v) is 10.8. The quantitative estimate of drug-likeness (QED) is 0.0796. The van der Waals surface area contributed by atoms with Crippen molar-refractivity contribution in [2.24, 2.45) is 5.16 Å². The standard InChI is InChI=1S/C26H65NO7Si6/c1-28-27-20-22(30-36(5,6)7)24(32-38(11,12)13)26(34-40(17,18)19)25(33-39(14,15)16)23(31-37(8,9)10)21-29-35(2,3)4/h20,22-26H,21H2,1-19H3/b27-20+/t22-,23+,24-,25+,26+/m1/s1. The monoisotopic (exact) mass is 671 g/mol. The molecule has 0 heterocycles. The van der Waals surface area contributed by atoms with Crippen LogP contribution in [0.15, 0.2) is 5.16 Å². The van der Waals surface area contributed by atoms with Gasteiger partial charge in [-0.3, -0.25) is 0 Å². The molecule has 0 radical (unpaired) electrons. The Labute approximate surface area is 254 Å². The molecular weight excluding hydrogens is 607 g/mol. The van der Waals surface area contributed by atoms with Crippen LogP contribution in [0.5, 0.6) is 0 Å². The van der Waals surface area contributed by atoms with Gasteiger partial charge in [-0.25, -0.2) is 0 Å². The second-order valence-electron chi connectivity index (χ2n) is 16.4. The van der Waals surface area contributed by atoms with Gasteiger partial charge < -0.3 is 31.4 Å². The third-order valence-electron chi connectivity index (χ3n) is 4.80. The van der Waals surface area contributed by atoms with Crippen molar-refractivity contribution < 1.29 is 31.4 Å². The van der Waals surface area contributed by atoms with Crippen molar-refractivity contribution in [2.75, 3.05) is 13.7 Å². The first-order chi connectivity index (χ1) is 17.5. The van der Waals surface area contributed by atoms with Gasteiger partial charge in [-0.05, 0) is 118 Å². The highest BCUT2D eigenvalue weighted by molar-refractivity contribution is 6.72. The molecule has 8 nitrogen and oxygen atoms in total. The Balaban J connectivity index is 7.38. The largest absolute Gasteiger partial charge is 0.415 e. The molecule has 0 saturated heterocycles. The summed E-state index contributed by atoms with van der Waals surface area (Å²) in [5.74, 6) is 0. The van der Waals surface area contributed by atoms with Crippen LogP contribution in [-0.2, 0) is 31.4 Å². The molecule has 0 rings (SSSR count). The first kappa shape index (κ1) is 40.5. The van der Waals surface area contributed by atoms with Crippen LogP contribution >= 0.6 is 0 Å². The average Bonchev–Trinajstić information content (AvgIpc) is 2.65. The van der Waals surface area contributed by atoms with Crippen LogP contribution in [-0.4, -0.2) is 100 Å². The van der Waals surface area contributed by atoms with Crippen LogP contribution < -0.4 is 0 Å². The Morgan fingerprint density at radius 1 is 0.475 bits per heavy atom. The Morgan fingerprint density at radius 2 is 0.850 bits per heavy atom. The molecule has 14 heteroatoms. The molecule has 0 spiro atoms. The summed E-state index contributed by atoms with van der Waals surface area (Å²) >= 11 is 0. The van der Waals surface area contributed by atoms with E-state index in [0.717, 1.165) is 0 Å². The van der Waals surface area contributed by atoms with Gasteiger partial charge in [-0.1, -0.05) is 5.16 Å². The summed E-state index contributed by atoms with van der Waals surface area (Å²) in [5.41, 5.74) is 0. The normalized spacial score (nSPS) is 18.5. The molecule has 40 heavy (non-hydrogen) atoms. The molecule has 0 aliphatic heterocycles. The predicted molar refractivity (Wildman–Crippen MR) is 186 cm³/mol. The van der Waals surface area contributed by atoms with Crippen molar-refractivity contribution in [1.29, 1.82) is 0 Å². The van der Waals surface area contributed by atoms with Crippen molar-refractivity contribution in [1.82, 2.24) is 0 Å². The topological polar surface area (TPSA) is 77.0 Å². The molecule has 0 unspecified atom stereocenters. The Bertz CT molecular complexity index is 762. The van der Waals surface area contributed by atoms with Gasteiger partial charge in [0.1, 0.15) is 25.4 Å². The van der Waals surface area contributed by atoms with Gasteiger partial charge in [-0.15, -0.1) is 0 Å². The second kappa shape index (κ2) is 15.5. The Kier molecular flexibility index (Phi) is 15.7. The van der Waals surface area contributed by atoms with E-state index in [9.17, 15) is 0 Å². The van der Waals surface area contributed by atoms with E-state index in [0.29, 0.717) is 6.61 Å².